The second-order valence-electron chi connectivity index (χ2n) is 3.48. The van der Waals surface area contributed by atoms with Crippen LogP contribution in [0.2, 0.25) is 0 Å². The molecule has 0 aliphatic heterocycles. The van der Waals surface area contributed by atoms with Crippen LogP contribution in [0.15, 0.2) is 60.7 Å². The van der Waals surface area contributed by atoms with Gasteiger partial charge in [0, 0.05) is 0 Å². The quantitative estimate of drug-likeness (QED) is 0.668. The van der Waals surface area contributed by atoms with Crippen LogP contribution in [-0.4, -0.2) is 0 Å². The lowest BCUT2D eigenvalue weighted by molar-refractivity contribution is 0.227. The third-order valence-corrected chi connectivity index (χ3v) is 2.33. The first-order valence-corrected chi connectivity index (χ1v) is 7.13. The summed E-state index contributed by atoms with van der Waals surface area (Å²) in [6.07, 6.45) is 0.0913. The Balaban J connectivity index is 0.000000741. The molecule has 0 fully saturated rings. The highest BCUT2D eigenvalue weighted by Gasteiger charge is 2.05. The van der Waals surface area contributed by atoms with Crippen LogP contribution in [0.1, 0.15) is 46.3 Å². The second-order valence-corrected chi connectivity index (χ2v) is 3.48. The first kappa shape index (κ1) is 17.2. The summed E-state index contributed by atoms with van der Waals surface area (Å²) >= 11 is 0. The van der Waals surface area contributed by atoms with E-state index in [0.29, 0.717) is 0 Å². The van der Waals surface area contributed by atoms with Crippen LogP contribution in [0.5, 0.6) is 5.75 Å². The normalized spacial score (nSPS) is 10.2. The van der Waals surface area contributed by atoms with Crippen LogP contribution in [0.25, 0.3) is 0 Å². The highest BCUT2D eigenvalue weighted by atomic mass is 16.5. The Bertz CT molecular complexity index is 395. The molecule has 19 heavy (non-hydrogen) atoms. The molecule has 0 radical (unpaired) electrons. The van der Waals surface area contributed by atoms with Crippen LogP contribution in [0, 0.1) is 0 Å². The Kier molecular flexibility index (Phi) is 10.3. The van der Waals surface area contributed by atoms with E-state index in [4.69, 9.17) is 4.74 Å². The summed E-state index contributed by atoms with van der Waals surface area (Å²) in [6.45, 7) is 10.1. The van der Waals surface area contributed by atoms with Gasteiger partial charge in [0.2, 0.25) is 0 Å². The highest BCUT2D eigenvalue weighted by Crippen LogP contribution is 2.20. The van der Waals surface area contributed by atoms with Crippen molar-refractivity contribution in [3.8, 4) is 5.75 Å². The van der Waals surface area contributed by atoms with Crippen LogP contribution < -0.4 is 4.74 Å². The van der Waals surface area contributed by atoms with Crippen molar-refractivity contribution in [3.63, 3.8) is 0 Å². The minimum Gasteiger partial charge on any atom is -0.486 e. The molecule has 1 heteroatoms. The summed E-state index contributed by atoms with van der Waals surface area (Å²) in [6, 6.07) is 20.1. The molecule has 0 aromatic heterocycles. The second kappa shape index (κ2) is 11.3. The van der Waals surface area contributed by atoms with Gasteiger partial charge in [0.05, 0.1) is 0 Å². The number of hydrogen-bond acceptors (Lipinski definition) is 1. The molecule has 2 aromatic rings. The van der Waals surface area contributed by atoms with Crippen molar-refractivity contribution >= 4 is 0 Å². The van der Waals surface area contributed by atoms with E-state index in [2.05, 4.69) is 19.1 Å². The maximum atomic E-state index is 5.80. The molecule has 2 rings (SSSR count). The summed E-state index contributed by atoms with van der Waals surface area (Å²) in [4.78, 5) is 0. The molecule has 1 nitrogen and oxygen atoms in total. The summed E-state index contributed by atoms with van der Waals surface area (Å²) in [5, 5.41) is 0. The van der Waals surface area contributed by atoms with Crippen molar-refractivity contribution in [2.45, 2.75) is 40.7 Å². The van der Waals surface area contributed by atoms with E-state index in [1.54, 1.807) is 0 Å². The summed E-state index contributed by atoms with van der Waals surface area (Å²) in [5.74, 6) is 0.911. The predicted octanol–water partition coefficient (Wildman–Crippen LogP) is 5.88. The van der Waals surface area contributed by atoms with Gasteiger partial charge < -0.3 is 4.74 Å². The summed E-state index contributed by atoms with van der Waals surface area (Å²) in [5.41, 5.74) is 1.20. The van der Waals surface area contributed by atoms with Gasteiger partial charge in [0.15, 0.2) is 0 Å². The largest absolute Gasteiger partial charge is 0.486 e. The zero-order chi connectivity index (χ0) is 14.5. The van der Waals surface area contributed by atoms with E-state index in [1.807, 2.05) is 76.2 Å². The van der Waals surface area contributed by atoms with Crippen molar-refractivity contribution in [2.24, 2.45) is 0 Å². The molecule has 0 bridgehead atoms. The fraction of sp³-hybridized carbons (Fsp3) is 0.333. The van der Waals surface area contributed by atoms with E-state index < -0.39 is 0 Å². The molecular formula is C18H26O. The zero-order valence-corrected chi connectivity index (χ0v) is 12.8. The molecule has 1 atom stereocenters. The van der Waals surface area contributed by atoms with Gasteiger partial charge in [-0.2, -0.15) is 0 Å². The number of benzene rings is 2. The molecule has 0 saturated carbocycles. The molecule has 1 unspecified atom stereocenters. The van der Waals surface area contributed by atoms with Crippen LogP contribution in [-0.2, 0) is 0 Å². The van der Waals surface area contributed by atoms with Gasteiger partial charge in [-0.15, -0.1) is 0 Å². The lowest BCUT2D eigenvalue weighted by atomic mass is 10.1. The van der Waals surface area contributed by atoms with E-state index in [9.17, 15) is 0 Å². The number of para-hydroxylation sites is 1. The minimum atomic E-state index is 0.0913. The third kappa shape index (κ3) is 6.66. The van der Waals surface area contributed by atoms with Gasteiger partial charge in [-0.3, -0.25) is 0 Å². The van der Waals surface area contributed by atoms with Crippen molar-refractivity contribution < 1.29 is 4.74 Å². The van der Waals surface area contributed by atoms with E-state index in [-0.39, 0.29) is 6.10 Å². The zero-order valence-electron chi connectivity index (χ0n) is 12.8. The van der Waals surface area contributed by atoms with E-state index in [0.717, 1.165) is 5.75 Å². The molecule has 0 saturated heterocycles. The van der Waals surface area contributed by atoms with Crippen molar-refractivity contribution in [2.75, 3.05) is 0 Å². The van der Waals surface area contributed by atoms with Crippen LogP contribution in [0.3, 0.4) is 0 Å². The Morgan fingerprint density at radius 1 is 0.684 bits per heavy atom. The number of rotatable bonds is 3. The van der Waals surface area contributed by atoms with Gasteiger partial charge in [0.1, 0.15) is 11.9 Å². The first-order chi connectivity index (χ1) is 9.36. The van der Waals surface area contributed by atoms with E-state index >= 15 is 0 Å². The molecule has 0 aliphatic carbocycles. The van der Waals surface area contributed by atoms with Gasteiger partial charge in [-0.05, 0) is 24.6 Å². The van der Waals surface area contributed by atoms with Crippen molar-refractivity contribution in [1.82, 2.24) is 0 Å². The Morgan fingerprint density at radius 3 is 1.58 bits per heavy atom. The Hall–Kier alpha value is -1.76. The van der Waals surface area contributed by atoms with Gasteiger partial charge in [-0.1, -0.05) is 76.2 Å². The number of hydrogen-bond donors (Lipinski definition) is 0. The first-order valence-electron chi connectivity index (χ1n) is 7.13. The maximum Gasteiger partial charge on any atom is 0.121 e. The fourth-order valence-corrected chi connectivity index (χ4v) is 1.50. The van der Waals surface area contributed by atoms with Gasteiger partial charge in [-0.25, -0.2) is 0 Å². The number of ether oxygens (including phenoxy) is 1. The predicted molar refractivity (Wildman–Crippen MR) is 84.6 cm³/mol. The molecular weight excluding hydrogens is 232 g/mol. The summed E-state index contributed by atoms with van der Waals surface area (Å²) < 4.78 is 5.80. The lowest BCUT2D eigenvalue weighted by Gasteiger charge is -2.14. The molecule has 0 heterocycles. The smallest absolute Gasteiger partial charge is 0.121 e. The minimum absolute atomic E-state index is 0.0913. The summed E-state index contributed by atoms with van der Waals surface area (Å²) in [7, 11) is 0. The molecule has 0 amide bonds. The molecule has 2 aromatic carbocycles. The molecule has 0 N–H and O–H groups in total. The SMILES string of the molecule is CC.CC.CC(Oc1ccccc1)c1ccccc1. The maximum absolute atomic E-state index is 5.80. The van der Waals surface area contributed by atoms with Crippen LogP contribution in [0.4, 0.5) is 0 Å². The van der Waals surface area contributed by atoms with Crippen molar-refractivity contribution in [3.05, 3.63) is 66.2 Å². The monoisotopic (exact) mass is 258 g/mol. The molecule has 0 spiro atoms. The topological polar surface area (TPSA) is 9.23 Å². The molecule has 0 aliphatic rings. The van der Waals surface area contributed by atoms with Gasteiger partial charge in [0.25, 0.3) is 0 Å². The Labute approximate surface area is 118 Å². The average molecular weight is 258 g/mol. The standard InChI is InChI=1S/C14H14O.2C2H6/c1-12(13-8-4-2-5-9-13)15-14-10-6-3-7-11-14;2*1-2/h2-12H,1H3;2*1-2H3. The fourth-order valence-electron chi connectivity index (χ4n) is 1.50. The lowest BCUT2D eigenvalue weighted by Crippen LogP contribution is -2.02. The highest BCUT2D eigenvalue weighted by molar-refractivity contribution is 5.24. The van der Waals surface area contributed by atoms with Gasteiger partial charge >= 0.3 is 0 Å². The van der Waals surface area contributed by atoms with E-state index in [1.165, 1.54) is 5.56 Å². The van der Waals surface area contributed by atoms with Crippen LogP contribution >= 0.6 is 0 Å². The Morgan fingerprint density at radius 2 is 1.11 bits per heavy atom. The third-order valence-electron chi connectivity index (χ3n) is 2.33. The van der Waals surface area contributed by atoms with Crippen molar-refractivity contribution in [1.29, 1.82) is 0 Å². The average Bonchev–Trinajstić information content (AvgIpc) is 2.53. The molecule has 104 valence electrons.